The zero-order valence-corrected chi connectivity index (χ0v) is 15.3. The smallest absolute Gasteiger partial charge is 0.120 e. The van der Waals surface area contributed by atoms with Gasteiger partial charge in [-0.1, -0.05) is 43.3 Å². The second kappa shape index (κ2) is 7.42. The third kappa shape index (κ3) is 3.63. The van der Waals surface area contributed by atoms with E-state index in [2.05, 4.69) is 54.7 Å². The minimum atomic E-state index is 0.317. The average Bonchev–Trinajstić information content (AvgIpc) is 3.15. The fraction of sp³-hybridized carbons (Fsp3) is 0.273. The predicted molar refractivity (Wildman–Crippen MR) is 104 cm³/mol. The number of aryl methyl sites for hydroxylation is 1. The van der Waals surface area contributed by atoms with E-state index < -0.39 is 0 Å². The Morgan fingerprint density at radius 1 is 1.08 bits per heavy atom. The highest BCUT2D eigenvalue weighted by Gasteiger charge is 2.23. The van der Waals surface area contributed by atoms with E-state index in [0.29, 0.717) is 12.6 Å². The molecule has 0 aliphatic carbocycles. The number of hydrogen-bond acceptors (Lipinski definition) is 3. The monoisotopic (exact) mass is 349 g/mol. The van der Waals surface area contributed by atoms with Gasteiger partial charge in [-0.25, -0.2) is 0 Å². The van der Waals surface area contributed by atoms with Crippen LogP contribution in [0.2, 0.25) is 0 Å². The van der Waals surface area contributed by atoms with Gasteiger partial charge in [0, 0.05) is 16.3 Å². The highest BCUT2D eigenvalue weighted by atomic mass is 32.1. The Morgan fingerprint density at radius 3 is 2.76 bits per heavy atom. The molecule has 1 aliphatic heterocycles. The van der Waals surface area contributed by atoms with Crippen molar-refractivity contribution >= 4 is 11.3 Å². The molecule has 0 fully saturated rings. The zero-order chi connectivity index (χ0) is 17.1. The molecule has 0 amide bonds. The number of fused-ring (bicyclic) bond motifs is 1. The fourth-order valence-electron chi connectivity index (χ4n) is 3.37. The van der Waals surface area contributed by atoms with Gasteiger partial charge in [0.05, 0.1) is 6.04 Å². The Bertz CT molecular complexity index is 840. The lowest BCUT2D eigenvalue weighted by Gasteiger charge is -2.26. The van der Waals surface area contributed by atoms with Gasteiger partial charge >= 0.3 is 0 Å². The van der Waals surface area contributed by atoms with Crippen LogP contribution in [-0.4, -0.2) is 6.54 Å². The van der Waals surface area contributed by atoms with Gasteiger partial charge in [0.2, 0.25) is 0 Å². The molecule has 4 rings (SSSR count). The Morgan fingerprint density at radius 2 is 1.96 bits per heavy atom. The Balaban J connectivity index is 1.53. The van der Waals surface area contributed by atoms with Crippen LogP contribution in [0.1, 0.15) is 39.4 Å². The summed E-state index contributed by atoms with van der Waals surface area (Å²) in [7, 11) is 0. The van der Waals surface area contributed by atoms with Crippen LogP contribution >= 0.6 is 11.3 Å². The van der Waals surface area contributed by atoms with Crippen molar-refractivity contribution in [2.75, 3.05) is 6.54 Å². The van der Waals surface area contributed by atoms with Gasteiger partial charge in [-0.3, -0.25) is 0 Å². The number of hydrogen-bond donors (Lipinski definition) is 1. The molecular weight excluding hydrogens is 326 g/mol. The third-order valence-electron chi connectivity index (χ3n) is 4.73. The maximum absolute atomic E-state index is 6.00. The summed E-state index contributed by atoms with van der Waals surface area (Å²) in [6.07, 6.45) is 2.16. The minimum Gasteiger partial charge on any atom is -0.489 e. The van der Waals surface area contributed by atoms with Crippen LogP contribution < -0.4 is 10.1 Å². The van der Waals surface area contributed by atoms with E-state index in [1.54, 1.807) is 0 Å². The molecule has 2 heterocycles. The first-order chi connectivity index (χ1) is 12.3. The summed E-state index contributed by atoms with van der Waals surface area (Å²) >= 11 is 1.92. The largest absolute Gasteiger partial charge is 0.489 e. The van der Waals surface area contributed by atoms with Crippen molar-refractivity contribution in [1.29, 1.82) is 0 Å². The molecule has 0 spiro atoms. The predicted octanol–water partition coefficient (Wildman–Crippen LogP) is 5.12. The van der Waals surface area contributed by atoms with Gasteiger partial charge in [0.25, 0.3) is 0 Å². The summed E-state index contributed by atoms with van der Waals surface area (Å²) in [5.41, 5.74) is 3.99. The Hall–Kier alpha value is -2.10. The normalized spacial score (nSPS) is 16.4. The molecule has 0 bridgehead atoms. The molecule has 1 aliphatic rings. The summed E-state index contributed by atoms with van der Waals surface area (Å²) in [5.74, 6) is 0.962. The van der Waals surface area contributed by atoms with Crippen molar-refractivity contribution in [3.8, 4) is 5.75 Å². The number of rotatable bonds is 5. The second-order valence-electron chi connectivity index (χ2n) is 6.43. The molecule has 0 radical (unpaired) electrons. The summed E-state index contributed by atoms with van der Waals surface area (Å²) in [6, 6.07) is 21.7. The fourth-order valence-corrected chi connectivity index (χ4v) is 4.41. The van der Waals surface area contributed by atoms with Gasteiger partial charge in [0.15, 0.2) is 0 Å². The number of benzene rings is 2. The van der Waals surface area contributed by atoms with Crippen LogP contribution in [0.15, 0.2) is 60.7 Å². The first-order valence-corrected chi connectivity index (χ1v) is 9.76. The van der Waals surface area contributed by atoms with Gasteiger partial charge < -0.3 is 10.1 Å². The van der Waals surface area contributed by atoms with Crippen molar-refractivity contribution in [1.82, 2.24) is 5.32 Å². The highest BCUT2D eigenvalue weighted by molar-refractivity contribution is 7.12. The molecule has 2 nitrogen and oxygen atoms in total. The van der Waals surface area contributed by atoms with Gasteiger partial charge in [-0.05, 0) is 53.8 Å². The van der Waals surface area contributed by atoms with Crippen LogP contribution in [0.4, 0.5) is 0 Å². The second-order valence-corrected chi connectivity index (χ2v) is 7.63. The maximum Gasteiger partial charge on any atom is 0.120 e. The molecule has 1 unspecified atom stereocenters. The quantitative estimate of drug-likeness (QED) is 0.690. The lowest BCUT2D eigenvalue weighted by atomic mass is 9.93. The van der Waals surface area contributed by atoms with Crippen molar-refractivity contribution in [2.24, 2.45) is 0 Å². The molecule has 128 valence electrons. The summed E-state index contributed by atoms with van der Waals surface area (Å²) in [6.45, 7) is 3.85. The lowest BCUT2D eigenvalue weighted by molar-refractivity contribution is 0.305. The molecule has 3 aromatic rings. The lowest BCUT2D eigenvalue weighted by Crippen LogP contribution is -2.30. The minimum absolute atomic E-state index is 0.317. The van der Waals surface area contributed by atoms with E-state index in [1.165, 1.54) is 26.4 Å². The van der Waals surface area contributed by atoms with Crippen LogP contribution in [0.25, 0.3) is 0 Å². The highest BCUT2D eigenvalue weighted by Crippen LogP contribution is 2.34. The van der Waals surface area contributed by atoms with Crippen molar-refractivity contribution in [3.05, 3.63) is 87.1 Å². The number of ether oxygens (including phenoxy) is 1. The molecule has 25 heavy (non-hydrogen) atoms. The van der Waals surface area contributed by atoms with Crippen LogP contribution in [0, 0.1) is 0 Å². The topological polar surface area (TPSA) is 21.3 Å². The molecule has 1 aromatic heterocycles. The first-order valence-electron chi connectivity index (χ1n) is 8.95. The molecule has 0 saturated carbocycles. The molecule has 1 atom stereocenters. The van der Waals surface area contributed by atoms with Crippen molar-refractivity contribution in [2.45, 2.75) is 32.4 Å². The van der Waals surface area contributed by atoms with Crippen LogP contribution in [-0.2, 0) is 19.4 Å². The Labute approximate surface area is 153 Å². The van der Waals surface area contributed by atoms with E-state index in [-0.39, 0.29) is 0 Å². The van der Waals surface area contributed by atoms with E-state index in [4.69, 9.17) is 4.74 Å². The van der Waals surface area contributed by atoms with E-state index in [9.17, 15) is 0 Å². The number of thiophene rings is 1. The Kier molecular flexibility index (Phi) is 4.86. The summed E-state index contributed by atoms with van der Waals surface area (Å²) < 4.78 is 6.00. The molecule has 3 heteroatoms. The van der Waals surface area contributed by atoms with Gasteiger partial charge in [-0.15, -0.1) is 11.3 Å². The molecule has 0 saturated heterocycles. The van der Waals surface area contributed by atoms with E-state index in [0.717, 1.165) is 25.1 Å². The molecule has 1 N–H and O–H groups in total. The summed E-state index contributed by atoms with van der Waals surface area (Å²) in [4.78, 5) is 2.86. The van der Waals surface area contributed by atoms with Crippen molar-refractivity contribution in [3.63, 3.8) is 0 Å². The van der Waals surface area contributed by atoms with Gasteiger partial charge in [-0.2, -0.15) is 0 Å². The molecule has 2 aromatic carbocycles. The zero-order valence-electron chi connectivity index (χ0n) is 14.5. The van der Waals surface area contributed by atoms with Crippen LogP contribution in [0.3, 0.4) is 0 Å². The van der Waals surface area contributed by atoms with Gasteiger partial charge in [0.1, 0.15) is 12.4 Å². The van der Waals surface area contributed by atoms with Crippen molar-refractivity contribution < 1.29 is 4.74 Å². The van der Waals surface area contributed by atoms with Crippen LogP contribution in [0.5, 0.6) is 5.75 Å². The van der Waals surface area contributed by atoms with E-state index >= 15 is 0 Å². The standard InChI is InChI=1S/C22H23NOS/c1-2-19-9-11-21(25-19)22-20-10-8-18(14-17(20)12-13-23-22)24-15-16-6-4-3-5-7-16/h3-11,14,22-23H,2,12-13,15H2,1H3. The number of nitrogens with one attached hydrogen (secondary N) is 1. The third-order valence-corrected chi connectivity index (χ3v) is 6.03. The average molecular weight is 349 g/mol. The summed E-state index contributed by atoms with van der Waals surface area (Å²) in [5, 5.41) is 3.68. The first kappa shape index (κ1) is 16.4. The van der Waals surface area contributed by atoms with E-state index in [1.807, 2.05) is 29.5 Å². The SMILES string of the molecule is CCc1ccc(C2NCCc3cc(OCc4ccccc4)ccc32)s1. The molecular formula is C22H23NOS. The maximum atomic E-state index is 6.00.